The van der Waals surface area contributed by atoms with E-state index in [0.717, 1.165) is 51.5 Å². The van der Waals surface area contributed by atoms with Crippen molar-refractivity contribution in [1.29, 1.82) is 0 Å². The van der Waals surface area contributed by atoms with Crippen LogP contribution in [0.3, 0.4) is 0 Å². The molecule has 30 heavy (non-hydrogen) atoms. The maximum Gasteiger partial charge on any atom is 0.191 e. The molecule has 0 spiro atoms. The fourth-order valence-electron chi connectivity index (χ4n) is 4.39. The average molecular weight is 520 g/mol. The zero-order chi connectivity index (χ0) is 19.9. The van der Waals surface area contributed by atoms with Crippen molar-refractivity contribution in [2.45, 2.75) is 31.4 Å². The number of guanidine groups is 1. The third-order valence-corrected chi connectivity index (χ3v) is 6.05. The van der Waals surface area contributed by atoms with Gasteiger partial charge in [-0.05, 0) is 37.0 Å². The van der Waals surface area contributed by atoms with Gasteiger partial charge in [-0.1, -0.05) is 48.5 Å². The first kappa shape index (κ1) is 22.9. The van der Waals surface area contributed by atoms with Crippen molar-refractivity contribution >= 4 is 35.6 Å². The van der Waals surface area contributed by atoms with Gasteiger partial charge in [0.2, 0.25) is 0 Å². The van der Waals surface area contributed by atoms with Crippen LogP contribution in [0.25, 0.3) is 0 Å². The largest absolute Gasteiger partial charge is 0.373 e. The Kier molecular flexibility index (Phi) is 8.81. The van der Waals surface area contributed by atoms with Crippen molar-refractivity contribution in [2.24, 2.45) is 10.9 Å². The summed E-state index contributed by atoms with van der Waals surface area (Å²) in [6.45, 7) is 3.86. The Morgan fingerprint density at radius 1 is 1.00 bits per heavy atom. The van der Waals surface area contributed by atoms with Gasteiger partial charge in [-0.15, -0.1) is 24.0 Å². The summed E-state index contributed by atoms with van der Waals surface area (Å²) in [5.74, 6) is 1.37. The van der Waals surface area contributed by atoms with Crippen LogP contribution in [0.1, 0.15) is 30.9 Å². The predicted octanol–water partition coefficient (Wildman–Crippen LogP) is 4.22. The van der Waals surface area contributed by atoms with Crippen molar-refractivity contribution in [2.75, 3.05) is 38.2 Å². The molecule has 2 heterocycles. The summed E-state index contributed by atoms with van der Waals surface area (Å²) in [4.78, 5) is 6.93. The number of nitrogens with zero attached hydrogens (tertiary/aromatic N) is 2. The van der Waals surface area contributed by atoms with E-state index in [0.29, 0.717) is 12.0 Å². The number of anilines is 1. The number of hydrogen-bond acceptors (Lipinski definition) is 3. The number of ether oxygens (including phenoxy) is 1. The van der Waals surface area contributed by atoms with Gasteiger partial charge in [0.15, 0.2) is 5.96 Å². The van der Waals surface area contributed by atoms with Crippen LogP contribution in [0.2, 0.25) is 0 Å². The second-order valence-corrected chi connectivity index (χ2v) is 7.95. The molecule has 2 aromatic carbocycles. The highest BCUT2D eigenvalue weighted by Crippen LogP contribution is 2.33. The number of para-hydroxylation sites is 1. The van der Waals surface area contributed by atoms with Crippen LogP contribution >= 0.6 is 24.0 Å². The van der Waals surface area contributed by atoms with Crippen LogP contribution in [0, 0.1) is 5.92 Å². The monoisotopic (exact) mass is 520 g/mol. The number of halogens is 1. The molecule has 0 radical (unpaired) electrons. The first-order valence-corrected chi connectivity index (χ1v) is 10.8. The molecule has 0 aliphatic carbocycles. The number of hydrogen-bond donors (Lipinski definition) is 2. The van der Waals surface area contributed by atoms with Crippen LogP contribution in [0.4, 0.5) is 5.69 Å². The smallest absolute Gasteiger partial charge is 0.191 e. The van der Waals surface area contributed by atoms with E-state index in [1.165, 1.54) is 11.3 Å². The zero-order valence-corrected chi connectivity index (χ0v) is 20.0. The summed E-state index contributed by atoms with van der Waals surface area (Å²) in [6, 6.07) is 21.7. The summed E-state index contributed by atoms with van der Waals surface area (Å²) >= 11 is 0. The minimum absolute atomic E-state index is 0. The molecule has 0 aromatic heterocycles. The topological polar surface area (TPSA) is 48.9 Å². The lowest BCUT2D eigenvalue weighted by Crippen LogP contribution is -2.49. The fourth-order valence-corrected chi connectivity index (χ4v) is 4.39. The van der Waals surface area contributed by atoms with Crippen LogP contribution < -0.4 is 15.5 Å². The van der Waals surface area contributed by atoms with Gasteiger partial charge in [-0.25, -0.2) is 0 Å². The molecule has 2 saturated heterocycles. The van der Waals surface area contributed by atoms with E-state index < -0.39 is 0 Å². The maximum absolute atomic E-state index is 6.02. The van der Waals surface area contributed by atoms with Gasteiger partial charge >= 0.3 is 0 Å². The lowest BCUT2D eigenvalue weighted by Gasteiger charge is -2.34. The summed E-state index contributed by atoms with van der Waals surface area (Å²) in [5.41, 5.74) is 2.59. The molecule has 0 saturated carbocycles. The molecule has 2 N–H and O–H groups in total. The SMILES string of the molecule is CN=C(NCC1CCOC1c1ccccc1)NC1CCN(c2ccccc2)CC1.I. The third-order valence-electron chi connectivity index (χ3n) is 6.05. The zero-order valence-electron chi connectivity index (χ0n) is 17.7. The van der Waals surface area contributed by atoms with Gasteiger partial charge in [0.1, 0.15) is 0 Å². The second kappa shape index (κ2) is 11.6. The van der Waals surface area contributed by atoms with Gasteiger partial charge in [0, 0.05) is 50.9 Å². The molecule has 2 aromatic rings. The number of benzene rings is 2. The normalized spacial score (nSPS) is 22.4. The summed E-state index contributed by atoms with van der Waals surface area (Å²) in [7, 11) is 1.86. The van der Waals surface area contributed by atoms with Gasteiger partial charge in [-0.3, -0.25) is 4.99 Å². The van der Waals surface area contributed by atoms with E-state index in [4.69, 9.17) is 4.74 Å². The van der Waals surface area contributed by atoms with Crippen LogP contribution in [-0.2, 0) is 4.74 Å². The molecule has 0 amide bonds. The average Bonchev–Trinajstić information content (AvgIpc) is 3.27. The van der Waals surface area contributed by atoms with Crippen molar-refractivity contribution in [3.63, 3.8) is 0 Å². The van der Waals surface area contributed by atoms with Gasteiger partial charge in [0.05, 0.1) is 6.10 Å². The highest BCUT2D eigenvalue weighted by atomic mass is 127. The summed E-state index contributed by atoms with van der Waals surface area (Å²) in [6.07, 6.45) is 3.50. The standard InChI is InChI=1S/C24H32N4O.HI/c1-25-24(26-18-20-14-17-29-23(20)19-8-4-2-5-9-19)27-21-12-15-28(16-13-21)22-10-6-3-7-11-22;/h2-11,20-21,23H,12-18H2,1H3,(H2,25,26,27);1H. The number of piperidine rings is 1. The maximum atomic E-state index is 6.02. The van der Waals surface area contributed by atoms with Crippen molar-refractivity contribution in [3.8, 4) is 0 Å². The van der Waals surface area contributed by atoms with Gasteiger partial charge in [-0.2, -0.15) is 0 Å². The second-order valence-electron chi connectivity index (χ2n) is 7.95. The number of rotatable bonds is 5. The molecule has 2 aliphatic rings. The molecule has 2 atom stereocenters. The Hall–Kier alpha value is -1.80. The van der Waals surface area contributed by atoms with Crippen molar-refractivity contribution in [1.82, 2.24) is 10.6 Å². The molecule has 5 nitrogen and oxygen atoms in total. The summed E-state index contributed by atoms with van der Waals surface area (Å²) in [5, 5.41) is 7.17. The summed E-state index contributed by atoms with van der Waals surface area (Å²) < 4.78 is 6.02. The Bertz CT molecular complexity index is 778. The first-order valence-electron chi connectivity index (χ1n) is 10.8. The minimum Gasteiger partial charge on any atom is -0.373 e. The quantitative estimate of drug-likeness (QED) is 0.352. The molecule has 4 rings (SSSR count). The number of nitrogens with one attached hydrogen (secondary N) is 2. The van der Waals surface area contributed by atoms with E-state index in [2.05, 4.69) is 81.2 Å². The Morgan fingerprint density at radius 3 is 2.33 bits per heavy atom. The van der Waals surface area contributed by atoms with Gasteiger partial charge < -0.3 is 20.3 Å². The van der Waals surface area contributed by atoms with E-state index in [1.54, 1.807) is 0 Å². The molecule has 0 bridgehead atoms. The van der Waals surface area contributed by atoms with Crippen LogP contribution in [0.5, 0.6) is 0 Å². The lowest BCUT2D eigenvalue weighted by molar-refractivity contribution is 0.0915. The van der Waals surface area contributed by atoms with Crippen molar-refractivity contribution < 1.29 is 4.74 Å². The molecule has 2 fully saturated rings. The highest BCUT2D eigenvalue weighted by Gasteiger charge is 2.29. The van der Waals surface area contributed by atoms with Crippen LogP contribution in [-0.4, -0.2) is 45.3 Å². The van der Waals surface area contributed by atoms with E-state index in [-0.39, 0.29) is 30.1 Å². The molecule has 6 heteroatoms. The third kappa shape index (κ3) is 5.88. The molecule has 2 aliphatic heterocycles. The Labute approximate surface area is 197 Å². The van der Waals surface area contributed by atoms with Gasteiger partial charge in [0.25, 0.3) is 0 Å². The Balaban J connectivity index is 0.00000256. The van der Waals surface area contributed by atoms with E-state index >= 15 is 0 Å². The molecular weight excluding hydrogens is 487 g/mol. The molecular formula is C24H33IN4O. The highest BCUT2D eigenvalue weighted by molar-refractivity contribution is 14.0. The fraction of sp³-hybridized carbons (Fsp3) is 0.458. The minimum atomic E-state index is 0. The predicted molar refractivity (Wildman–Crippen MR) is 135 cm³/mol. The first-order chi connectivity index (χ1) is 14.3. The van der Waals surface area contributed by atoms with E-state index in [1.807, 2.05) is 7.05 Å². The molecule has 2 unspecified atom stereocenters. The van der Waals surface area contributed by atoms with Crippen LogP contribution in [0.15, 0.2) is 65.7 Å². The van der Waals surface area contributed by atoms with E-state index in [9.17, 15) is 0 Å². The van der Waals surface area contributed by atoms with Crippen molar-refractivity contribution in [3.05, 3.63) is 66.2 Å². The molecule has 162 valence electrons. The lowest BCUT2D eigenvalue weighted by atomic mass is 9.95. The number of aliphatic imine (C=N–C) groups is 1. The Morgan fingerprint density at radius 2 is 1.67 bits per heavy atom.